The summed E-state index contributed by atoms with van der Waals surface area (Å²) < 4.78 is 23.7. The molecule has 1 rings (SSSR count). The number of hydrogen-bond acceptors (Lipinski definition) is 5. The quantitative estimate of drug-likeness (QED) is 0.647. The van der Waals surface area contributed by atoms with E-state index < -0.39 is 12.5 Å². The number of aromatic nitrogens is 2. The molecule has 1 heterocycles. The van der Waals surface area contributed by atoms with Crippen LogP contribution >= 0.6 is 0 Å². The van der Waals surface area contributed by atoms with Crippen LogP contribution in [0, 0.1) is 0 Å². The van der Waals surface area contributed by atoms with Gasteiger partial charge in [-0.1, -0.05) is 0 Å². The van der Waals surface area contributed by atoms with Gasteiger partial charge in [0.15, 0.2) is 0 Å². The first kappa shape index (κ1) is 10.6. The number of rotatable bonds is 4. The van der Waals surface area contributed by atoms with Gasteiger partial charge in [-0.3, -0.25) is 0 Å². The molecule has 1 atom stereocenters. The van der Waals surface area contributed by atoms with Crippen molar-refractivity contribution in [2.75, 3.05) is 17.6 Å². The van der Waals surface area contributed by atoms with Crippen LogP contribution in [0.1, 0.15) is 0 Å². The summed E-state index contributed by atoms with van der Waals surface area (Å²) in [5.41, 5.74) is 5.26. The molecule has 0 saturated carbocycles. The molecule has 1 aromatic rings. The molecule has 1 unspecified atom stereocenters. The molecule has 1 aromatic heterocycles. The maximum Gasteiger partial charge on any atom is 0.265 e. The molecule has 0 amide bonds. The molecule has 0 fully saturated rings. The van der Waals surface area contributed by atoms with Crippen molar-refractivity contribution in [3.05, 3.63) is 12.1 Å². The van der Waals surface area contributed by atoms with Crippen LogP contribution in [0.4, 0.5) is 20.4 Å². The summed E-state index contributed by atoms with van der Waals surface area (Å²) in [4.78, 5) is 0. The lowest BCUT2D eigenvalue weighted by Crippen LogP contribution is -2.27. The number of nitrogens with one attached hydrogen (secondary N) is 1. The molecule has 7 heteroatoms. The average molecular weight is 204 g/mol. The van der Waals surface area contributed by atoms with Crippen LogP contribution in [0.25, 0.3) is 0 Å². The molecule has 0 saturated heterocycles. The van der Waals surface area contributed by atoms with Crippen molar-refractivity contribution in [2.24, 2.45) is 0 Å². The first-order valence-corrected chi connectivity index (χ1v) is 3.89. The van der Waals surface area contributed by atoms with Crippen LogP contribution in [0.2, 0.25) is 0 Å². The van der Waals surface area contributed by atoms with E-state index >= 15 is 0 Å². The number of aliphatic hydroxyl groups is 1. The third kappa shape index (κ3) is 3.09. The van der Waals surface area contributed by atoms with Gasteiger partial charge in [0.05, 0.1) is 0 Å². The number of nitrogens with two attached hydrogens (primary N) is 1. The van der Waals surface area contributed by atoms with Crippen molar-refractivity contribution in [1.29, 1.82) is 0 Å². The van der Waals surface area contributed by atoms with Crippen LogP contribution in [0.3, 0.4) is 0 Å². The Bertz CT molecular complexity index is 280. The second-order valence-corrected chi connectivity index (χ2v) is 2.63. The Labute approximate surface area is 78.9 Å². The molecule has 0 spiro atoms. The van der Waals surface area contributed by atoms with E-state index in [0.717, 1.165) is 0 Å². The molecule has 0 aliphatic carbocycles. The van der Waals surface area contributed by atoms with Gasteiger partial charge in [-0.05, 0) is 12.1 Å². The molecule has 14 heavy (non-hydrogen) atoms. The summed E-state index contributed by atoms with van der Waals surface area (Å²) in [6, 6.07) is 2.96. The van der Waals surface area contributed by atoms with Crippen LogP contribution < -0.4 is 11.1 Å². The second-order valence-electron chi connectivity index (χ2n) is 2.63. The normalized spacial score (nSPS) is 12.9. The minimum atomic E-state index is -2.77. The molecule has 0 aliphatic rings. The highest BCUT2D eigenvalue weighted by Gasteiger charge is 2.16. The summed E-state index contributed by atoms with van der Waals surface area (Å²) in [6.45, 7) is -0.281. The molecule has 78 valence electrons. The molecule has 0 aliphatic heterocycles. The van der Waals surface area contributed by atoms with E-state index in [4.69, 9.17) is 10.8 Å². The number of nitrogen functional groups attached to an aromatic ring is 1. The fourth-order valence-electron chi connectivity index (χ4n) is 0.735. The molecule has 0 radical (unpaired) electrons. The molecular formula is C7H10F2N4O. The lowest BCUT2D eigenvalue weighted by atomic mass is 10.3. The molecule has 5 nitrogen and oxygen atoms in total. The van der Waals surface area contributed by atoms with Crippen molar-refractivity contribution >= 4 is 11.6 Å². The lowest BCUT2D eigenvalue weighted by molar-refractivity contribution is 0.00380. The summed E-state index contributed by atoms with van der Waals surface area (Å²) in [5, 5.41) is 18.3. The van der Waals surface area contributed by atoms with Gasteiger partial charge < -0.3 is 16.2 Å². The van der Waals surface area contributed by atoms with Crippen molar-refractivity contribution < 1.29 is 13.9 Å². The van der Waals surface area contributed by atoms with Gasteiger partial charge in [-0.2, -0.15) is 0 Å². The van der Waals surface area contributed by atoms with Crippen LogP contribution in [-0.4, -0.2) is 34.4 Å². The predicted octanol–water partition coefficient (Wildman–Crippen LogP) is 0.0967. The van der Waals surface area contributed by atoms with E-state index in [-0.39, 0.29) is 12.4 Å². The Balaban J connectivity index is 2.42. The Kier molecular flexibility index (Phi) is 3.52. The molecular weight excluding hydrogens is 194 g/mol. The minimum Gasteiger partial charge on any atom is -0.385 e. The molecule has 4 N–H and O–H groups in total. The standard InChI is InChI=1S/C7H10F2N4O/c8-7(9)4(14)3-11-6-2-1-5(10)12-13-6/h1-2,4,7,14H,3H2,(H2,10,12)(H,11,13). The largest absolute Gasteiger partial charge is 0.385 e. The number of anilines is 2. The Morgan fingerprint density at radius 1 is 1.43 bits per heavy atom. The van der Waals surface area contributed by atoms with Crippen LogP contribution in [0.5, 0.6) is 0 Å². The molecule has 0 aromatic carbocycles. The zero-order chi connectivity index (χ0) is 10.6. The monoisotopic (exact) mass is 204 g/mol. The van der Waals surface area contributed by atoms with E-state index in [1.807, 2.05) is 0 Å². The van der Waals surface area contributed by atoms with Crippen molar-refractivity contribution in [3.63, 3.8) is 0 Å². The van der Waals surface area contributed by atoms with Crippen LogP contribution in [-0.2, 0) is 0 Å². The van der Waals surface area contributed by atoms with E-state index in [9.17, 15) is 8.78 Å². The van der Waals surface area contributed by atoms with E-state index in [2.05, 4.69) is 15.5 Å². The third-order valence-corrected chi connectivity index (χ3v) is 1.47. The van der Waals surface area contributed by atoms with Gasteiger partial charge in [0, 0.05) is 6.54 Å². The SMILES string of the molecule is Nc1ccc(NCC(O)C(F)F)nn1. The lowest BCUT2D eigenvalue weighted by Gasteiger charge is -2.10. The fraction of sp³-hybridized carbons (Fsp3) is 0.429. The van der Waals surface area contributed by atoms with Gasteiger partial charge in [0.2, 0.25) is 0 Å². The first-order valence-electron chi connectivity index (χ1n) is 3.89. The summed E-state index contributed by atoms with van der Waals surface area (Å²) in [6.07, 6.45) is -4.49. The van der Waals surface area contributed by atoms with Crippen LogP contribution in [0.15, 0.2) is 12.1 Å². The highest BCUT2D eigenvalue weighted by molar-refractivity contribution is 5.38. The van der Waals surface area contributed by atoms with E-state index in [1.165, 1.54) is 12.1 Å². The predicted molar refractivity (Wildman–Crippen MR) is 46.9 cm³/mol. The Morgan fingerprint density at radius 3 is 2.64 bits per heavy atom. The highest BCUT2D eigenvalue weighted by atomic mass is 19.3. The van der Waals surface area contributed by atoms with Crippen molar-refractivity contribution in [1.82, 2.24) is 10.2 Å². The molecule has 0 bridgehead atoms. The van der Waals surface area contributed by atoms with Gasteiger partial charge in [0.1, 0.15) is 17.7 Å². The van der Waals surface area contributed by atoms with Gasteiger partial charge in [-0.15, -0.1) is 10.2 Å². The van der Waals surface area contributed by atoms with Crippen molar-refractivity contribution in [3.8, 4) is 0 Å². The summed E-state index contributed by atoms with van der Waals surface area (Å²) in [5.74, 6) is 0.531. The smallest absolute Gasteiger partial charge is 0.265 e. The van der Waals surface area contributed by atoms with Gasteiger partial charge in [0.25, 0.3) is 6.43 Å². The van der Waals surface area contributed by atoms with Crippen molar-refractivity contribution in [2.45, 2.75) is 12.5 Å². The number of alkyl halides is 2. The Morgan fingerprint density at radius 2 is 2.14 bits per heavy atom. The maximum absolute atomic E-state index is 11.8. The number of nitrogens with zero attached hydrogens (tertiary/aromatic N) is 2. The first-order chi connectivity index (χ1) is 6.59. The Hall–Kier alpha value is -1.50. The summed E-state index contributed by atoms with van der Waals surface area (Å²) in [7, 11) is 0. The zero-order valence-electron chi connectivity index (χ0n) is 7.19. The van der Waals surface area contributed by atoms with E-state index in [1.54, 1.807) is 0 Å². The number of hydrogen-bond donors (Lipinski definition) is 3. The number of halogens is 2. The van der Waals surface area contributed by atoms with E-state index in [0.29, 0.717) is 5.82 Å². The fourth-order valence-corrected chi connectivity index (χ4v) is 0.735. The summed E-state index contributed by atoms with van der Waals surface area (Å²) >= 11 is 0. The number of aliphatic hydroxyl groups excluding tert-OH is 1. The van der Waals surface area contributed by atoms with Gasteiger partial charge >= 0.3 is 0 Å². The zero-order valence-corrected chi connectivity index (χ0v) is 7.19. The maximum atomic E-state index is 11.8. The topological polar surface area (TPSA) is 84.1 Å². The average Bonchev–Trinajstić information content (AvgIpc) is 2.16. The third-order valence-electron chi connectivity index (χ3n) is 1.47. The van der Waals surface area contributed by atoms with Gasteiger partial charge in [-0.25, -0.2) is 8.78 Å². The minimum absolute atomic E-state index is 0.241. The highest BCUT2D eigenvalue weighted by Crippen LogP contribution is 2.05. The second kappa shape index (κ2) is 4.66.